The zero-order valence-corrected chi connectivity index (χ0v) is 12.7. The molecule has 1 atom stereocenters. The Balaban J connectivity index is 1.93. The van der Waals surface area contributed by atoms with Crippen molar-refractivity contribution in [1.82, 2.24) is 9.80 Å². The van der Waals surface area contributed by atoms with Gasteiger partial charge >= 0.3 is 0 Å². The predicted octanol–water partition coefficient (Wildman–Crippen LogP) is 1.81. The van der Waals surface area contributed by atoms with Crippen LogP contribution in [0.4, 0.5) is 0 Å². The van der Waals surface area contributed by atoms with E-state index in [2.05, 4.69) is 39.7 Å². The number of piperazine rings is 1. The van der Waals surface area contributed by atoms with Gasteiger partial charge in [0.25, 0.3) is 0 Å². The minimum Gasteiger partial charge on any atom is -0.381 e. The zero-order valence-electron chi connectivity index (χ0n) is 11.1. The molecule has 0 N–H and O–H groups in total. The van der Waals surface area contributed by atoms with Crippen molar-refractivity contribution < 1.29 is 4.74 Å². The van der Waals surface area contributed by atoms with Crippen LogP contribution in [0.15, 0.2) is 0 Å². The van der Waals surface area contributed by atoms with E-state index in [1.54, 1.807) is 0 Å². The summed E-state index contributed by atoms with van der Waals surface area (Å²) >= 11 is 3.73. The number of hydrogen-bond acceptors (Lipinski definition) is 3. The van der Waals surface area contributed by atoms with Crippen LogP contribution >= 0.6 is 15.9 Å². The first-order chi connectivity index (χ1) is 8.15. The molecule has 0 spiro atoms. The summed E-state index contributed by atoms with van der Waals surface area (Å²) in [4.78, 5) is 5.11. The summed E-state index contributed by atoms with van der Waals surface area (Å²) in [5, 5.41) is 1.11. The van der Waals surface area contributed by atoms with Gasteiger partial charge in [0.05, 0.1) is 0 Å². The molecule has 2 rings (SSSR count). The fourth-order valence-corrected chi connectivity index (χ4v) is 3.72. The third kappa shape index (κ3) is 3.43. The lowest BCUT2D eigenvalue weighted by molar-refractivity contribution is -0.0106. The summed E-state index contributed by atoms with van der Waals surface area (Å²) in [5.74, 6) is 0. The molecule has 4 heteroatoms. The first-order valence-electron chi connectivity index (χ1n) is 6.71. The predicted molar refractivity (Wildman–Crippen MR) is 74.8 cm³/mol. The van der Waals surface area contributed by atoms with Gasteiger partial charge in [-0.25, -0.2) is 0 Å². The van der Waals surface area contributed by atoms with Gasteiger partial charge in [-0.15, -0.1) is 0 Å². The first-order valence-corrected chi connectivity index (χ1v) is 7.84. The van der Waals surface area contributed by atoms with Crippen molar-refractivity contribution in [2.45, 2.75) is 25.8 Å². The number of halogens is 1. The van der Waals surface area contributed by atoms with Crippen molar-refractivity contribution in [3.63, 3.8) is 0 Å². The molecule has 2 heterocycles. The van der Waals surface area contributed by atoms with E-state index in [-0.39, 0.29) is 0 Å². The van der Waals surface area contributed by atoms with Crippen LogP contribution in [0, 0.1) is 5.41 Å². The maximum Gasteiger partial charge on any atom is 0.0472 e. The average Bonchev–Trinajstić information content (AvgIpc) is 2.34. The van der Waals surface area contributed by atoms with E-state index in [1.807, 2.05) is 0 Å². The molecule has 3 nitrogen and oxygen atoms in total. The molecule has 0 aromatic rings. The fraction of sp³-hybridized carbons (Fsp3) is 1.00. The van der Waals surface area contributed by atoms with Crippen LogP contribution in [-0.2, 0) is 4.74 Å². The lowest BCUT2D eigenvalue weighted by atomic mass is 9.81. The van der Waals surface area contributed by atoms with Crippen molar-refractivity contribution in [2.24, 2.45) is 5.41 Å². The summed E-state index contributed by atoms with van der Waals surface area (Å²) in [6.07, 6.45) is 2.41. The van der Waals surface area contributed by atoms with Gasteiger partial charge in [0.15, 0.2) is 0 Å². The minimum absolute atomic E-state index is 0.447. The number of alkyl halides is 1. The van der Waals surface area contributed by atoms with Gasteiger partial charge in [0, 0.05) is 50.8 Å². The summed E-state index contributed by atoms with van der Waals surface area (Å²) in [6.45, 7) is 9.09. The Morgan fingerprint density at radius 1 is 1.29 bits per heavy atom. The SMILES string of the molecule is CC1CN(C)CCN1CC1(CBr)CCOCC1. The second-order valence-corrected chi connectivity index (χ2v) is 6.39. The number of rotatable bonds is 3. The maximum atomic E-state index is 5.51. The summed E-state index contributed by atoms with van der Waals surface area (Å²) in [7, 11) is 2.22. The molecule has 0 aromatic carbocycles. The highest BCUT2D eigenvalue weighted by Crippen LogP contribution is 2.34. The Hall–Kier alpha value is 0.360. The molecule has 17 heavy (non-hydrogen) atoms. The standard InChI is InChI=1S/C13H25BrN2O/c1-12-9-15(2)5-6-16(12)11-13(10-14)3-7-17-8-4-13/h12H,3-11H2,1-2H3. The molecule has 0 aliphatic carbocycles. The van der Waals surface area contributed by atoms with Crippen molar-refractivity contribution in [1.29, 1.82) is 0 Å². The van der Waals surface area contributed by atoms with E-state index in [1.165, 1.54) is 39.0 Å². The van der Waals surface area contributed by atoms with Crippen LogP contribution in [0.25, 0.3) is 0 Å². The Kier molecular flexibility index (Phi) is 4.87. The van der Waals surface area contributed by atoms with Crippen LogP contribution < -0.4 is 0 Å². The maximum absolute atomic E-state index is 5.51. The van der Waals surface area contributed by atoms with Gasteiger partial charge in [-0.1, -0.05) is 15.9 Å². The normalized spacial score (nSPS) is 31.6. The Bertz CT molecular complexity index is 244. The fourth-order valence-electron chi connectivity index (χ4n) is 2.98. The van der Waals surface area contributed by atoms with E-state index >= 15 is 0 Å². The first kappa shape index (κ1) is 13.8. The number of likely N-dealkylation sites (N-methyl/N-ethyl adjacent to an activating group) is 1. The molecule has 2 saturated heterocycles. The number of nitrogens with zero attached hydrogens (tertiary/aromatic N) is 2. The molecule has 0 saturated carbocycles. The second kappa shape index (κ2) is 6.00. The minimum atomic E-state index is 0.447. The van der Waals surface area contributed by atoms with Crippen molar-refractivity contribution in [3.05, 3.63) is 0 Å². The summed E-state index contributed by atoms with van der Waals surface area (Å²) in [5.41, 5.74) is 0.447. The molecule has 1 unspecified atom stereocenters. The Morgan fingerprint density at radius 2 is 2.00 bits per heavy atom. The van der Waals surface area contributed by atoms with Gasteiger partial charge in [0.2, 0.25) is 0 Å². The van der Waals surface area contributed by atoms with E-state index in [4.69, 9.17) is 4.74 Å². The van der Waals surface area contributed by atoms with Crippen LogP contribution in [0.5, 0.6) is 0 Å². The molecule has 2 aliphatic rings. The molecule has 2 fully saturated rings. The molecule has 0 bridgehead atoms. The molecular formula is C13H25BrN2O. The quantitative estimate of drug-likeness (QED) is 0.740. The molecule has 0 aromatic heterocycles. The summed E-state index contributed by atoms with van der Waals surface area (Å²) < 4.78 is 5.51. The van der Waals surface area contributed by atoms with Gasteiger partial charge in [-0.3, -0.25) is 4.90 Å². The molecule has 0 radical (unpaired) electrons. The topological polar surface area (TPSA) is 15.7 Å². The highest BCUT2D eigenvalue weighted by Gasteiger charge is 2.35. The van der Waals surface area contributed by atoms with Crippen LogP contribution in [0.3, 0.4) is 0 Å². The van der Waals surface area contributed by atoms with Crippen molar-refractivity contribution >= 4 is 15.9 Å². The van der Waals surface area contributed by atoms with E-state index in [0.29, 0.717) is 11.5 Å². The zero-order chi connectivity index (χ0) is 12.3. The molecule has 2 aliphatic heterocycles. The highest BCUT2D eigenvalue weighted by molar-refractivity contribution is 9.09. The lowest BCUT2D eigenvalue weighted by Gasteiger charge is -2.45. The summed E-state index contributed by atoms with van der Waals surface area (Å²) in [6, 6.07) is 0.688. The van der Waals surface area contributed by atoms with Gasteiger partial charge in [-0.2, -0.15) is 0 Å². The average molecular weight is 305 g/mol. The largest absolute Gasteiger partial charge is 0.381 e. The smallest absolute Gasteiger partial charge is 0.0472 e. The monoisotopic (exact) mass is 304 g/mol. The van der Waals surface area contributed by atoms with Gasteiger partial charge in [0.1, 0.15) is 0 Å². The van der Waals surface area contributed by atoms with Gasteiger partial charge < -0.3 is 9.64 Å². The highest BCUT2D eigenvalue weighted by atomic mass is 79.9. The van der Waals surface area contributed by atoms with Crippen molar-refractivity contribution in [2.75, 3.05) is 51.8 Å². The van der Waals surface area contributed by atoms with E-state index < -0.39 is 0 Å². The van der Waals surface area contributed by atoms with Gasteiger partial charge in [-0.05, 0) is 32.2 Å². The van der Waals surface area contributed by atoms with Crippen molar-refractivity contribution in [3.8, 4) is 0 Å². The van der Waals surface area contributed by atoms with Crippen LogP contribution in [-0.4, -0.2) is 67.6 Å². The Morgan fingerprint density at radius 3 is 2.59 bits per heavy atom. The Labute approximate surface area is 114 Å². The number of hydrogen-bond donors (Lipinski definition) is 0. The third-order valence-corrected chi connectivity index (χ3v) is 5.53. The third-order valence-electron chi connectivity index (χ3n) is 4.34. The molecule has 100 valence electrons. The number of ether oxygens (including phenoxy) is 1. The second-order valence-electron chi connectivity index (χ2n) is 5.83. The van der Waals surface area contributed by atoms with Crippen LogP contribution in [0.1, 0.15) is 19.8 Å². The van der Waals surface area contributed by atoms with Crippen LogP contribution in [0.2, 0.25) is 0 Å². The molecule has 0 amide bonds. The lowest BCUT2D eigenvalue weighted by Crippen LogP contribution is -2.54. The van der Waals surface area contributed by atoms with E-state index in [0.717, 1.165) is 18.5 Å². The molecular weight excluding hydrogens is 280 g/mol. The van der Waals surface area contributed by atoms with E-state index in [9.17, 15) is 0 Å².